The summed E-state index contributed by atoms with van der Waals surface area (Å²) in [6.45, 7) is -1.12. The average molecular weight is 568 g/mol. The predicted molar refractivity (Wildman–Crippen MR) is 108 cm³/mol. The molecule has 12 heteroatoms. The van der Waals surface area contributed by atoms with E-state index in [0.29, 0.717) is 7.92 Å². The monoisotopic (exact) mass is 568 g/mol. The van der Waals surface area contributed by atoms with Crippen molar-refractivity contribution in [1.29, 1.82) is 0 Å². The van der Waals surface area contributed by atoms with Gasteiger partial charge in [0.15, 0.2) is 0 Å². The summed E-state index contributed by atoms with van der Waals surface area (Å²) in [5.74, 6) is -1.46. The molecule has 1 heterocycles. The van der Waals surface area contributed by atoms with Gasteiger partial charge in [0.05, 0.1) is 0 Å². The van der Waals surface area contributed by atoms with Crippen LogP contribution in [0.25, 0.3) is 0 Å². The summed E-state index contributed by atoms with van der Waals surface area (Å²) in [7, 11) is 2.61. The van der Waals surface area contributed by atoms with Crippen LogP contribution in [0.5, 0.6) is 0 Å². The first kappa shape index (κ1) is 22.8. The molecule has 1 aromatic carbocycles. The number of carbonyl (C=O) groups is 1. The second-order valence-corrected chi connectivity index (χ2v) is 9.26. The van der Waals surface area contributed by atoms with Crippen LogP contribution >= 0.6 is 22.6 Å². The van der Waals surface area contributed by atoms with Crippen LogP contribution in [0.3, 0.4) is 0 Å². The van der Waals surface area contributed by atoms with Crippen LogP contribution in [-0.2, 0) is 18.9 Å². The normalized spacial score (nSPS) is 11.5. The molecule has 1 radical (unpaired) electrons. The Morgan fingerprint density at radius 1 is 1.29 bits per heavy atom. The van der Waals surface area contributed by atoms with E-state index < -0.39 is 58.0 Å². The van der Waals surface area contributed by atoms with Gasteiger partial charge in [-0.1, -0.05) is 0 Å². The summed E-state index contributed by atoms with van der Waals surface area (Å²) in [5, 5.41) is 18.0. The number of aliphatic hydroxyl groups excluding tert-OH is 2. The Morgan fingerprint density at radius 2 is 1.93 bits per heavy atom. The number of carbonyl (C=O) groups excluding carboxylic acids is 1. The number of nitrogens with one attached hydrogen (secondary N) is 1. The van der Waals surface area contributed by atoms with Crippen molar-refractivity contribution in [2.24, 2.45) is 14.1 Å². The van der Waals surface area contributed by atoms with Crippen LogP contribution < -0.4 is 25.6 Å². The van der Waals surface area contributed by atoms with Crippen LogP contribution in [-0.4, -0.2) is 60.3 Å². The number of hydroxylamine groups is 1. The Kier molecular flexibility index (Phi) is 7.95. The molecule has 28 heavy (non-hydrogen) atoms. The number of halogens is 2. The molecule has 0 saturated carbocycles. The molecule has 0 aliphatic carbocycles. The molecule has 1 amide bonds. The first-order valence-electron chi connectivity index (χ1n) is 7.85. The fourth-order valence-corrected chi connectivity index (χ4v) is 4.92. The van der Waals surface area contributed by atoms with Crippen molar-refractivity contribution in [3.8, 4) is 0 Å². The second kappa shape index (κ2) is 9.79. The molecule has 151 valence electrons. The third kappa shape index (κ3) is 4.90. The summed E-state index contributed by atoms with van der Waals surface area (Å²) in [6, 6.07) is 4.55. The summed E-state index contributed by atoms with van der Waals surface area (Å²) in [6.07, 6.45) is -1.08. The van der Waals surface area contributed by atoms with Crippen molar-refractivity contribution < 1.29 is 24.2 Å². The van der Waals surface area contributed by atoms with Gasteiger partial charge in [0, 0.05) is 0 Å². The molecule has 0 saturated heterocycles. The van der Waals surface area contributed by atoms with Gasteiger partial charge in [-0.2, -0.15) is 0 Å². The van der Waals surface area contributed by atoms with Gasteiger partial charge in [-0.05, 0) is 0 Å². The Labute approximate surface area is 178 Å². The zero-order valence-corrected chi connectivity index (χ0v) is 18.9. The van der Waals surface area contributed by atoms with Gasteiger partial charge < -0.3 is 0 Å². The standard InChI is InChI=1S/C16H17AsFIN3O6/c1-21-13(17-10-4-3-8(19)5-11(10)18)12(15(26)22(2)16(21)27)14(25)20-28-9(6-23)7-24/h3-5,9,23-24H,6-7H2,1-2H3,(H,20,25). The molecule has 0 fully saturated rings. The van der Waals surface area contributed by atoms with Gasteiger partial charge in [-0.3, -0.25) is 0 Å². The molecule has 0 aliphatic heterocycles. The Morgan fingerprint density at radius 3 is 2.50 bits per heavy atom. The van der Waals surface area contributed by atoms with E-state index in [2.05, 4.69) is 0 Å². The topological polar surface area (TPSA) is 123 Å². The molecular formula is C16H17AsFIN3O6. The summed E-state index contributed by atoms with van der Waals surface area (Å²) < 4.78 is 17.3. The summed E-state index contributed by atoms with van der Waals surface area (Å²) >= 11 is 0.730. The van der Waals surface area contributed by atoms with Gasteiger partial charge in [0.1, 0.15) is 0 Å². The fraction of sp³-hybridized carbons (Fsp3) is 0.312. The molecule has 3 N–H and O–H groups in total. The van der Waals surface area contributed by atoms with Crippen LogP contribution in [0.4, 0.5) is 4.39 Å². The van der Waals surface area contributed by atoms with Crippen molar-refractivity contribution in [1.82, 2.24) is 14.6 Å². The fourth-order valence-electron chi connectivity index (χ4n) is 2.17. The summed E-state index contributed by atoms with van der Waals surface area (Å²) in [5.41, 5.74) is 0.127. The van der Waals surface area contributed by atoms with E-state index in [1.54, 1.807) is 12.1 Å². The predicted octanol–water partition coefficient (Wildman–Crippen LogP) is -2.50. The first-order valence-corrected chi connectivity index (χ1v) is 10.8. The molecule has 0 aliphatic rings. The molecule has 2 aromatic rings. The molecule has 2 rings (SSSR count). The van der Waals surface area contributed by atoms with E-state index in [1.165, 1.54) is 20.2 Å². The first-order chi connectivity index (χ1) is 13.2. The van der Waals surface area contributed by atoms with Crippen molar-refractivity contribution in [3.05, 3.63) is 54.0 Å². The Bertz CT molecular complexity index is 1010. The number of nitrogens with zero attached hydrogens (tertiary/aromatic N) is 2. The molecule has 0 spiro atoms. The zero-order chi connectivity index (χ0) is 21.0. The number of rotatable bonds is 7. The number of amides is 1. The number of aliphatic hydroxyl groups is 2. The number of hydrogen-bond acceptors (Lipinski definition) is 6. The third-order valence-electron chi connectivity index (χ3n) is 3.72. The van der Waals surface area contributed by atoms with Crippen molar-refractivity contribution >= 4 is 53.1 Å². The average Bonchev–Trinajstić information content (AvgIpc) is 2.67. The van der Waals surface area contributed by atoms with E-state index >= 15 is 0 Å². The third-order valence-corrected chi connectivity index (χ3v) is 7.20. The molecule has 0 unspecified atom stereocenters. The molecule has 0 bridgehead atoms. The molecular weight excluding hydrogens is 551 g/mol. The molecule has 0 atom stereocenters. The van der Waals surface area contributed by atoms with Gasteiger partial charge in [0.25, 0.3) is 0 Å². The Balaban J connectivity index is 2.53. The van der Waals surface area contributed by atoms with Crippen molar-refractivity contribution in [3.63, 3.8) is 0 Å². The molecule has 9 nitrogen and oxygen atoms in total. The van der Waals surface area contributed by atoms with Crippen molar-refractivity contribution in [2.75, 3.05) is 13.2 Å². The van der Waals surface area contributed by atoms with Gasteiger partial charge in [0.2, 0.25) is 0 Å². The van der Waals surface area contributed by atoms with Gasteiger partial charge >= 0.3 is 179 Å². The van der Waals surface area contributed by atoms with E-state index in [4.69, 9.17) is 15.1 Å². The SMILES string of the molecule is Cn1c([As]c2ccc(I)cc2F)c(C(=O)NOC(CO)CO)c(=O)n(C)c1=O. The minimum absolute atomic E-state index is 0.0927. The molecule has 1 aromatic heterocycles. The van der Waals surface area contributed by atoms with E-state index in [9.17, 15) is 18.8 Å². The van der Waals surface area contributed by atoms with Crippen molar-refractivity contribution in [2.45, 2.75) is 6.10 Å². The number of hydrogen-bond donors (Lipinski definition) is 3. The maximum absolute atomic E-state index is 14.3. The van der Waals surface area contributed by atoms with Crippen LogP contribution in [0, 0.1) is 9.39 Å². The zero-order valence-electron chi connectivity index (χ0n) is 14.8. The number of aromatic nitrogens is 2. The second-order valence-electron chi connectivity index (χ2n) is 5.65. The van der Waals surface area contributed by atoms with Gasteiger partial charge in [-0.15, -0.1) is 0 Å². The quantitative estimate of drug-likeness (QED) is 0.193. The Hall–Kier alpha value is -1.53. The van der Waals surface area contributed by atoms with Crippen LogP contribution in [0.2, 0.25) is 0 Å². The van der Waals surface area contributed by atoms with E-state index in [0.717, 1.165) is 9.13 Å². The summed E-state index contributed by atoms with van der Waals surface area (Å²) in [4.78, 5) is 42.3. The minimum atomic E-state index is -1.23. The van der Waals surface area contributed by atoms with Crippen LogP contribution in [0.1, 0.15) is 10.4 Å². The van der Waals surface area contributed by atoms with E-state index in [1.807, 2.05) is 28.1 Å². The van der Waals surface area contributed by atoms with Gasteiger partial charge in [-0.25, -0.2) is 0 Å². The van der Waals surface area contributed by atoms with Crippen LogP contribution in [0.15, 0.2) is 27.8 Å². The van der Waals surface area contributed by atoms with E-state index in [-0.39, 0.29) is 10.0 Å². The maximum atomic E-state index is 14.3. The number of benzene rings is 1.